The zero-order valence-electron chi connectivity index (χ0n) is 22.3. The first-order valence-electron chi connectivity index (χ1n) is 13.5. The van der Waals surface area contributed by atoms with Gasteiger partial charge in [0, 0.05) is 28.0 Å². The summed E-state index contributed by atoms with van der Waals surface area (Å²) in [5.74, 6) is 0.898. The molecule has 0 spiro atoms. The fourth-order valence-electron chi connectivity index (χ4n) is 6.60. The Kier molecular flexibility index (Phi) is 5.76. The Bertz CT molecular complexity index is 1670. The SMILES string of the molecule is CC(C)c1cccc(-c2nc(-c3cccc4ccccc34)nc3c2CC[C@@H]2[C@@H](C)C(=O)C(C#N)=C[C@@]32C)c1. The third kappa shape index (κ3) is 3.69. The first-order valence-corrected chi connectivity index (χ1v) is 13.5. The average molecular weight is 498 g/mol. The summed E-state index contributed by atoms with van der Waals surface area (Å²) >= 11 is 0. The second kappa shape index (κ2) is 9.03. The summed E-state index contributed by atoms with van der Waals surface area (Å²) < 4.78 is 0. The zero-order valence-corrected chi connectivity index (χ0v) is 22.3. The minimum Gasteiger partial charge on any atom is -0.293 e. The highest BCUT2D eigenvalue weighted by molar-refractivity contribution is 6.02. The van der Waals surface area contributed by atoms with E-state index in [1.54, 1.807) is 0 Å². The van der Waals surface area contributed by atoms with E-state index < -0.39 is 5.41 Å². The number of nitrogens with zero attached hydrogens (tertiary/aromatic N) is 3. The van der Waals surface area contributed by atoms with Gasteiger partial charge in [0.05, 0.1) is 17.0 Å². The van der Waals surface area contributed by atoms with Gasteiger partial charge in [-0.25, -0.2) is 9.97 Å². The molecule has 6 rings (SSSR count). The lowest BCUT2D eigenvalue weighted by Gasteiger charge is -2.45. The second-order valence-electron chi connectivity index (χ2n) is 11.3. The molecular formula is C34H31N3O. The summed E-state index contributed by atoms with van der Waals surface area (Å²) in [6.07, 6.45) is 3.56. The van der Waals surface area contributed by atoms with Crippen molar-refractivity contribution < 1.29 is 4.79 Å². The number of nitriles is 1. The van der Waals surface area contributed by atoms with Crippen LogP contribution >= 0.6 is 0 Å². The van der Waals surface area contributed by atoms with Crippen molar-refractivity contribution in [2.24, 2.45) is 11.8 Å². The van der Waals surface area contributed by atoms with Gasteiger partial charge in [-0.05, 0) is 47.1 Å². The summed E-state index contributed by atoms with van der Waals surface area (Å²) in [5.41, 5.74) is 6.09. The first-order chi connectivity index (χ1) is 18.3. The van der Waals surface area contributed by atoms with Crippen LogP contribution in [0, 0.1) is 23.2 Å². The van der Waals surface area contributed by atoms with Crippen LogP contribution in [0.25, 0.3) is 33.4 Å². The highest BCUT2D eigenvalue weighted by atomic mass is 16.1. The molecule has 0 radical (unpaired) electrons. The van der Waals surface area contributed by atoms with Crippen LogP contribution in [0.3, 0.4) is 0 Å². The molecule has 4 aromatic rings. The van der Waals surface area contributed by atoms with Gasteiger partial charge >= 0.3 is 0 Å². The Labute approximate surface area is 224 Å². The Hall–Kier alpha value is -4.10. The van der Waals surface area contributed by atoms with E-state index in [-0.39, 0.29) is 23.2 Å². The third-order valence-electron chi connectivity index (χ3n) is 8.70. The van der Waals surface area contributed by atoms with Gasteiger partial charge in [-0.3, -0.25) is 4.79 Å². The zero-order chi connectivity index (χ0) is 26.6. The van der Waals surface area contributed by atoms with Crippen molar-refractivity contribution >= 4 is 16.6 Å². The lowest BCUT2D eigenvalue weighted by molar-refractivity contribution is -0.121. The summed E-state index contributed by atoms with van der Waals surface area (Å²) in [6, 6.07) is 25.4. The number of fused-ring (bicyclic) bond motifs is 4. The van der Waals surface area contributed by atoms with Gasteiger partial charge in [-0.15, -0.1) is 0 Å². The number of benzene rings is 3. The van der Waals surface area contributed by atoms with Crippen molar-refractivity contribution in [3.8, 4) is 28.7 Å². The average Bonchev–Trinajstić information content (AvgIpc) is 2.94. The largest absolute Gasteiger partial charge is 0.293 e. The van der Waals surface area contributed by atoms with E-state index in [2.05, 4.69) is 81.4 Å². The van der Waals surface area contributed by atoms with Gasteiger partial charge in [0.15, 0.2) is 11.6 Å². The summed E-state index contributed by atoms with van der Waals surface area (Å²) in [4.78, 5) is 23.5. The molecule has 2 aliphatic carbocycles. The quantitative estimate of drug-likeness (QED) is 0.293. The van der Waals surface area contributed by atoms with Gasteiger partial charge in [-0.2, -0.15) is 5.26 Å². The molecule has 188 valence electrons. The molecule has 0 N–H and O–H groups in total. The number of hydrogen-bond acceptors (Lipinski definition) is 4. The van der Waals surface area contributed by atoms with Gasteiger partial charge in [0.2, 0.25) is 0 Å². The number of aromatic nitrogens is 2. The van der Waals surface area contributed by atoms with Crippen molar-refractivity contribution in [3.05, 3.63) is 95.2 Å². The maximum absolute atomic E-state index is 13.0. The van der Waals surface area contributed by atoms with E-state index in [1.165, 1.54) is 5.56 Å². The third-order valence-corrected chi connectivity index (χ3v) is 8.70. The van der Waals surface area contributed by atoms with E-state index in [0.717, 1.165) is 51.7 Å². The highest BCUT2D eigenvalue weighted by Crippen LogP contribution is 2.51. The molecule has 0 bridgehead atoms. The molecule has 4 nitrogen and oxygen atoms in total. The molecule has 0 aliphatic heterocycles. The maximum Gasteiger partial charge on any atom is 0.176 e. The smallest absolute Gasteiger partial charge is 0.176 e. The van der Waals surface area contributed by atoms with E-state index in [9.17, 15) is 10.1 Å². The summed E-state index contributed by atoms with van der Waals surface area (Å²) in [5, 5.41) is 12.1. The molecule has 0 unspecified atom stereocenters. The molecule has 0 saturated heterocycles. The van der Waals surface area contributed by atoms with Crippen molar-refractivity contribution in [2.75, 3.05) is 0 Å². The van der Waals surface area contributed by atoms with E-state index >= 15 is 0 Å². The monoisotopic (exact) mass is 497 g/mol. The number of hydrogen-bond donors (Lipinski definition) is 0. The van der Waals surface area contributed by atoms with E-state index in [1.807, 2.05) is 25.1 Å². The molecule has 1 aromatic heterocycles. The lowest BCUT2D eigenvalue weighted by atomic mass is 9.57. The Balaban J connectivity index is 1.68. The van der Waals surface area contributed by atoms with Gasteiger partial charge < -0.3 is 0 Å². The maximum atomic E-state index is 13.0. The van der Waals surface area contributed by atoms with Crippen LogP contribution in [0.5, 0.6) is 0 Å². The standard InChI is InChI=1S/C34H31N3O/c1-20(2)23-11-7-12-24(17-23)30-28-15-16-29-21(3)31(38)25(19-35)18-34(29,4)32(28)37-33(36-30)27-14-8-10-22-9-5-6-13-26(22)27/h5-14,17-18,20-21,29H,15-16H2,1-4H3/t21-,29-,34-/m1/s1. The first kappa shape index (κ1) is 24.2. The van der Waals surface area contributed by atoms with Crippen molar-refractivity contribution in [1.29, 1.82) is 5.26 Å². The second-order valence-corrected chi connectivity index (χ2v) is 11.3. The predicted molar refractivity (Wildman–Crippen MR) is 152 cm³/mol. The number of ketones is 1. The van der Waals surface area contributed by atoms with Crippen molar-refractivity contribution in [3.63, 3.8) is 0 Å². The summed E-state index contributed by atoms with van der Waals surface area (Å²) in [6.45, 7) is 8.54. The molecule has 0 fully saturated rings. The molecule has 4 heteroatoms. The number of Topliss-reactive ketones (excluding diaryl/α,β-unsaturated/α-hetero) is 1. The number of carbonyl (C=O) groups is 1. The van der Waals surface area contributed by atoms with Crippen LogP contribution < -0.4 is 0 Å². The molecule has 38 heavy (non-hydrogen) atoms. The lowest BCUT2D eigenvalue weighted by Crippen LogP contribution is -2.46. The van der Waals surface area contributed by atoms with Crippen LogP contribution in [0.4, 0.5) is 0 Å². The summed E-state index contributed by atoms with van der Waals surface area (Å²) in [7, 11) is 0. The Morgan fingerprint density at radius 3 is 2.58 bits per heavy atom. The molecule has 3 atom stereocenters. The van der Waals surface area contributed by atoms with Crippen LogP contribution in [0.2, 0.25) is 0 Å². The molecular weight excluding hydrogens is 466 g/mol. The molecule has 3 aromatic carbocycles. The minimum atomic E-state index is -0.529. The van der Waals surface area contributed by atoms with Gasteiger partial charge in [0.25, 0.3) is 0 Å². The van der Waals surface area contributed by atoms with Crippen LogP contribution in [0.1, 0.15) is 56.9 Å². The number of rotatable bonds is 3. The van der Waals surface area contributed by atoms with E-state index in [4.69, 9.17) is 9.97 Å². The molecule has 2 aliphatic rings. The molecule has 0 saturated carbocycles. The van der Waals surface area contributed by atoms with Crippen LogP contribution in [-0.4, -0.2) is 15.8 Å². The fraction of sp³-hybridized carbons (Fsp3) is 0.294. The Morgan fingerprint density at radius 2 is 1.79 bits per heavy atom. The van der Waals surface area contributed by atoms with Gasteiger partial charge in [0.1, 0.15) is 6.07 Å². The van der Waals surface area contributed by atoms with Crippen molar-refractivity contribution in [1.82, 2.24) is 9.97 Å². The molecule has 0 amide bonds. The van der Waals surface area contributed by atoms with Crippen molar-refractivity contribution in [2.45, 2.75) is 51.9 Å². The van der Waals surface area contributed by atoms with Crippen LogP contribution in [-0.2, 0) is 16.6 Å². The number of allylic oxidation sites excluding steroid dienone is 2. The molecule has 1 heterocycles. The predicted octanol–water partition coefficient (Wildman–Crippen LogP) is 7.58. The van der Waals surface area contributed by atoms with E-state index in [0.29, 0.717) is 11.7 Å². The Morgan fingerprint density at radius 1 is 1.03 bits per heavy atom. The topological polar surface area (TPSA) is 66.6 Å². The minimum absolute atomic E-state index is 0.0494. The highest BCUT2D eigenvalue weighted by Gasteiger charge is 2.49. The normalized spacial score (nSPS) is 22.5. The van der Waals surface area contributed by atoms with Gasteiger partial charge in [-0.1, -0.05) is 94.4 Å². The number of carbonyl (C=O) groups excluding carboxylic acids is 1. The van der Waals surface area contributed by atoms with Crippen LogP contribution in [0.15, 0.2) is 78.4 Å². The fourth-order valence-corrected chi connectivity index (χ4v) is 6.60.